The summed E-state index contributed by atoms with van der Waals surface area (Å²) in [5, 5.41) is 0. The van der Waals surface area contributed by atoms with Crippen molar-refractivity contribution in [3.63, 3.8) is 0 Å². The molecule has 5 aliphatic rings. The van der Waals surface area contributed by atoms with Crippen LogP contribution in [0.15, 0.2) is 24.3 Å². The number of halogens is 2. The normalized spacial score (nSPS) is 39.7. The minimum atomic E-state index is -1.20. The summed E-state index contributed by atoms with van der Waals surface area (Å²) >= 11 is 11.3. The Bertz CT molecular complexity index is 943. The van der Waals surface area contributed by atoms with Gasteiger partial charge in [-0.15, -0.1) is 23.2 Å². The molecule has 2 bridgehead atoms. The number of rotatable bonds is 6. The van der Waals surface area contributed by atoms with Crippen molar-refractivity contribution in [2.24, 2.45) is 34.0 Å². The van der Waals surface area contributed by atoms with Gasteiger partial charge in [-0.2, -0.15) is 0 Å². The highest BCUT2D eigenvalue weighted by atomic mass is 35.5. The molecule has 2 unspecified atom stereocenters. The molecule has 0 aromatic heterocycles. The van der Waals surface area contributed by atoms with Gasteiger partial charge >= 0.3 is 11.9 Å². The molecular formula is C25H30Cl2O6. The molecule has 5 rings (SSSR count). The predicted octanol–water partition coefficient (Wildman–Crippen LogP) is 4.02. The van der Waals surface area contributed by atoms with Gasteiger partial charge in [0.2, 0.25) is 0 Å². The van der Waals surface area contributed by atoms with Gasteiger partial charge in [0.05, 0.1) is 18.6 Å². The fourth-order valence-corrected chi connectivity index (χ4v) is 7.81. The Labute approximate surface area is 204 Å². The van der Waals surface area contributed by atoms with Gasteiger partial charge in [0, 0.05) is 16.7 Å². The largest absolute Gasteiger partial charge is 0.464 e. The number of ketones is 2. The molecule has 0 aliphatic heterocycles. The topological polar surface area (TPSA) is 86.7 Å². The zero-order chi connectivity index (χ0) is 24.2. The molecule has 0 aromatic carbocycles. The second-order valence-electron chi connectivity index (χ2n) is 10.5. The maximum Gasteiger partial charge on any atom is 0.320 e. The van der Waals surface area contributed by atoms with Crippen molar-refractivity contribution < 1.29 is 28.7 Å². The van der Waals surface area contributed by atoms with Crippen LogP contribution in [0.3, 0.4) is 0 Å². The van der Waals surface area contributed by atoms with E-state index in [1.807, 2.05) is 6.92 Å². The summed E-state index contributed by atoms with van der Waals surface area (Å²) < 4.78 is 11.1. The summed E-state index contributed by atoms with van der Waals surface area (Å²) in [5.74, 6) is -2.70. The van der Waals surface area contributed by atoms with Crippen molar-refractivity contribution in [1.82, 2.24) is 0 Å². The molecule has 1 spiro atoms. The van der Waals surface area contributed by atoms with Gasteiger partial charge in [0.1, 0.15) is 11.8 Å². The average Bonchev–Trinajstić information content (AvgIpc) is 2.82. The Hall–Kier alpha value is -1.66. The van der Waals surface area contributed by atoms with E-state index in [2.05, 4.69) is 13.2 Å². The standard InChI is InChI=1S/C25H30Cl2O6/c1-14-16-5-8-25(21(14)30)17(9-16)24(13-33-19(29)11-27)7-4-6-23(3,12-32-18(28)10-26)20(24)15(2)22(25)31/h16-17,20H,1-2,4-13H2,3H3/t16-,17?,20?,23-,24+,25-/m0/s1. The van der Waals surface area contributed by atoms with Crippen LogP contribution in [0.25, 0.3) is 0 Å². The third-order valence-electron chi connectivity index (χ3n) is 8.88. The molecule has 0 saturated heterocycles. The van der Waals surface area contributed by atoms with Crippen LogP contribution in [-0.4, -0.2) is 48.5 Å². The number of Topliss-reactive ketones (excluding diaryl/α,β-unsaturated/α-hetero) is 2. The first-order valence-corrected chi connectivity index (χ1v) is 12.5. The average molecular weight is 497 g/mol. The van der Waals surface area contributed by atoms with E-state index < -0.39 is 34.1 Å². The molecule has 0 radical (unpaired) electrons. The van der Waals surface area contributed by atoms with Gasteiger partial charge < -0.3 is 9.47 Å². The van der Waals surface area contributed by atoms with Gasteiger partial charge in [-0.1, -0.05) is 26.5 Å². The molecule has 6 atom stereocenters. The molecule has 5 aliphatic carbocycles. The Morgan fingerprint density at radius 2 is 1.58 bits per heavy atom. The lowest BCUT2D eigenvalue weighted by Crippen LogP contribution is -2.69. The maximum atomic E-state index is 13.9. The zero-order valence-corrected chi connectivity index (χ0v) is 20.4. The van der Waals surface area contributed by atoms with Gasteiger partial charge in [0.15, 0.2) is 11.6 Å². The highest BCUT2D eigenvalue weighted by Gasteiger charge is 2.73. The molecule has 0 amide bonds. The molecule has 33 heavy (non-hydrogen) atoms. The monoisotopic (exact) mass is 496 g/mol. The van der Waals surface area contributed by atoms with E-state index in [4.69, 9.17) is 32.7 Å². The van der Waals surface area contributed by atoms with E-state index in [1.165, 1.54) is 0 Å². The van der Waals surface area contributed by atoms with E-state index in [0.717, 1.165) is 12.8 Å². The van der Waals surface area contributed by atoms with E-state index >= 15 is 0 Å². The van der Waals surface area contributed by atoms with Crippen molar-refractivity contribution in [3.05, 3.63) is 24.3 Å². The van der Waals surface area contributed by atoms with Crippen LogP contribution in [0.4, 0.5) is 0 Å². The summed E-state index contributed by atoms with van der Waals surface area (Å²) in [6.07, 6.45) is 4.01. The number of alkyl halides is 2. The number of ether oxygens (including phenoxy) is 2. The van der Waals surface area contributed by atoms with Crippen LogP contribution in [-0.2, 0) is 28.7 Å². The van der Waals surface area contributed by atoms with Crippen molar-refractivity contribution in [1.29, 1.82) is 0 Å². The third-order valence-corrected chi connectivity index (χ3v) is 9.31. The third kappa shape index (κ3) is 3.43. The number of carbonyl (C=O) groups is 4. The van der Waals surface area contributed by atoms with Crippen molar-refractivity contribution in [3.8, 4) is 0 Å². The number of carbonyl (C=O) groups excluding carboxylic acids is 4. The SMILES string of the molecule is C=C1C(=O)[C@@]23CC[C@@H](CC2[C@]2(COC(=O)CCl)CCC[C@@](C)(COC(=O)CCl)C12)C(=C)C3=O. The fourth-order valence-electron chi connectivity index (χ4n) is 7.65. The van der Waals surface area contributed by atoms with E-state index in [0.29, 0.717) is 36.8 Å². The van der Waals surface area contributed by atoms with Gasteiger partial charge in [0.25, 0.3) is 0 Å². The Kier molecular flexibility index (Phi) is 6.32. The lowest BCUT2D eigenvalue weighted by atomic mass is 9.35. The molecule has 5 fully saturated rings. The summed E-state index contributed by atoms with van der Waals surface area (Å²) in [7, 11) is 0. The van der Waals surface area contributed by atoms with E-state index in [9.17, 15) is 19.2 Å². The van der Waals surface area contributed by atoms with E-state index in [-0.39, 0.29) is 48.4 Å². The first-order chi connectivity index (χ1) is 15.6. The number of allylic oxidation sites excluding steroid dienone is 2. The number of hydrogen-bond acceptors (Lipinski definition) is 6. The highest BCUT2D eigenvalue weighted by Crippen LogP contribution is 2.71. The summed E-state index contributed by atoms with van der Waals surface area (Å²) in [4.78, 5) is 51.5. The maximum absolute atomic E-state index is 13.9. The molecule has 8 heteroatoms. The van der Waals surface area contributed by atoms with Gasteiger partial charge in [-0.05, 0) is 55.1 Å². The van der Waals surface area contributed by atoms with Crippen LogP contribution < -0.4 is 0 Å². The second kappa shape index (κ2) is 8.53. The molecule has 180 valence electrons. The lowest BCUT2D eigenvalue weighted by Gasteiger charge is -2.67. The van der Waals surface area contributed by atoms with E-state index in [1.54, 1.807) is 0 Å². The molecule has 5 saturated carbocycles. The van der Waals surface area contributed by atoms with Crippen LogP contribution in [0.5, 0.6) is 0 Å². The molecular weight excluding hydrogens is 467 g/mol. The first-order valence-electron chi connectivity index (χ1n) is 11.5. The fraction of sp³-hybridized carbons (Fsp3) is 0.680. The van der Waals surface area contributed by atoms with Crippen molar-refractivity contribution >= 4 is 46.7 Å². The summed E-state index contributed by atoms with van der Waals surface area (Å²) in [6.45, 7) is 10.3. The molecule has 0 aromatic rings. The zero-order valence-electron chi connectivity index (χ0n) is 18.9. The summed E-state index contributed by atoms with van der Waals surface area (Å²) in [6, 6.07) is 0. The van der Waals surface area contributed by atoms with Crippen LogP contribution in [0.1, 0.15) is 45.4 Å². The Morgan fingerprint density at radius 1 is 0.970 bits per heavy atom. The Morgan fingerprint density at radius 3 is 2.21 bits per heavy atom. The summed E-state index contributed by atoms with van der Waals surface area (Å²) in [5.41, 5.74) is -1.60. The molecule has 0 N–H and O–H groups in total. The smallest absolute Gasteiger partial charge is 0.320 e. The van der Waals surface area contributed by atoms with Gasteiger partial charge in [-0.3, -0.25) is 19.2 Å². The quantitative estimate of drug-likeness (QED) is 0.239. The number of fused-ring (bicyclic) bond motifs is 3. The first kappa shape index (κ1) is 24.5. The van der Waals surface area contributed by atoms with Crippen LogP contribution in [0, 0.1) is 34.0 Å². The highest BCUT2D eigenvalue weighted by molar-refractivity contribution is 6.26. The van der Waals surface area contributed by atoms with Crippen LogP contribution >= 0.6 is 23.2 Å². The molecule has 6 nitrogen and oxygen atoms in total. The predicted molar refractivity (Wildman–Crippen MR) is 123 cm³/mol. The Balaban J connectivity index is 1.84. The second-order valence-corrected chi connectivity index (χ2v) is 11.0. The van der Waals surface area contributed by atoms with Gasteiger partial charge in [-0.25, -0.2) is 0 Å². The number of hydrogen-bond donors (Lipinski definition) is 0. The minimum absolute atomic E-state index is 0.0204. The van der Waals surface area contributed by atoms with Crippen molar-refractivity contribution in [2.45, 2.75) is 45.4 Å². The van der Waals surface area contributed by atoms with Crippen LogP contribution in [0.2, 0.25) is 0 Å². The number of esters is 2. The lowest BCUT2D eigenvalue weighted by molar-refractivity contribution is -0.195. The minimum Gasteiger partial charge on any atom is -0.464 e. The molecule has 0 heterocycles. The van der Waals surface area contributed by atoms with Crippen molar-refractivity contribution in [2.75, 3.05) is 25.0 Å².